The van der Waals surface area contributed by atoms with E-state index >= 15 is 0 Å². The highest BCUT2D eigenvalue weighted by molar-refractivity contribution is 5.95. The molecule has 3 aromatic rings. The first-order valence-corrected chi connectivity index (χ1v) is 17.2. The van der Waals surface area contributed by atoms with E-state index in [2.05, 4.69) is 16.0 Å². The van der Waals surface area contributed by atoms with Gasteiger partial charge in [0.25, 0.3) is 0 Å². The van der Waals surface area contributed by atoms with Crippen LogP contribution in [0.3, 0.4) is 0 Å². The molecule has 9 nitrogen and oxygen atoms in total. The first-order valence-electron chi connectivity index (χ1n) is 17.2. The normalized spacial score (nSPS) is 15.8. The van der Waals surface area contributed by atoms with Crippen LogP contribution in [0, 0.1) is 11.8 Å². The minimum absolute atomic E-state index is 0.000588. The van der Waals surface area contributed by atoms with Crippen LogP contribution in [0.4, 0.5) is 0 Å². The van der Waals surface area contributed by atoms with Crippen LogP contribution in [0.5, 0.6) is 0 Å². The van der Waals surface area contributed by atoms with Crippen LogP contribution < -0.4 is 27.4 Å². The van der Waals surface area contributed by atoms with Crippen molar-refractivity contribution in [3.63, 3.8) is 0 Å². The van der Waals surface area contributed by atoms with Gasteiger partial charge in [-0.25, -0.2) is 0 Å². The summed E-state index contributed by atoms with van der Waals surface area (Å²) in [6.45, 7) is 2.47. The van der Waals surface area contributed by atoms with E-state index in [4.69, 9.17) is 11.5 Å². The van der Waals surface area contributed by atoms with Gasteiger partial charge in [-0.1, -0.05) is 99.0 Å². The SMILES string of the molecule is CCC(=O)N[C@@H](Cc1ccc2ccccc2c1)C(=O)N[C@H](C(=O)C[C@@H](CCCCN)C(=O)N[C@H](CN)c1ccccc1)C1CCCC1. The van der Waals surface area contributed by atoms with Crippen molar-refractivity contribution in [1.29, 1.82) is 0 Å². The Hall–Kier alpha value is -4.08. The van der Waals surface area contributed by atoms with Gasteiger partial charge in [-0.2, -0.15) is 0 Å². The minimum Gasteiger partial charge on any atom is -0.348 e. The second-order valence-corrected chi connectivity index (χ2v) is 12.7. The fourth-order valence-corrected chi connectivity index (χ4v) is 6.60. The summed E-state index contributed by atoms with van der Waals surface area (Å²) in [5.41, 5.74) is 13.6. The third kappa shape index (κ3) is 10.5. The molecule has 0 spiro atoms. The fourth-order valence-electron chi connectivity index (χ4n) is 6.60. The minimum atomic E-state index is -0.847. The summed E-state index contributed by atoms with van der Waals surface area (Å²) >= 11 is 0. The number of rotatable bonds is 18. The number of carbonyl (C=O) groups excluding carboxylic acids is 4. The topological polar surface area (TPSA) is 156 Å². The largest absolute Gasteiger partial charge is 0.348 e. The molecule has 0 aliphatic heterocycles. The zero-order valence-corrected chi connectivity index (χ0v) is 27.6. The third-order valence-electron chi connectivity index (χ3n) is 9.32. The maximum atomic E-state index is 14.1. The monoisotopic (exact) mass is 641 g/mol. The van der Waals surface area contributed by atoms with Gasteiger partial charge in [0.2, 0.25) is 17.7 Å². The molecule has 1 aliphatic rings. The number of nitrogens with two attached hydrogens (primary N) is 2. The van der Waals surface area contributed by atoms with Crippen molar-refractivity contribution in [3.05, 3.63) is 83.9 Å². The van der Waals surface area contributed by atoms with Gasteiger partial charge in [0.15, 0.2) is 5.78 Å². The molecule has 1 fully saturated rings. The van der Waals surface area contributed by atoms with Gasteiger partial charge in [0.05, 0.1) is 12.1 Å². The average Bonchev–Trinajstić information content (AvgIpc) is 3.63. The summed E-state index contributed by atoms with van der Waals surface area (Å²) in [5.74, 6) is -1.62. The summed E-state index contributed by atoms with van der Waals surface area (Å²) < 4.78 is 0. The molecule has 0 bridgehead atoms. The van der Waals surface area contributed by atoms with Crippen molar-refractivity contribution in [2.24, 2.45) is 23.3 Å². The summed E-state index contributed by atoms with van der Waals surface area (Å²) in [6.07, 6.45) is 6.08. The highest BCUT2D eigenvalue weighted by Gasteiger charge is 2.36. The van der Waals surface area contributed by atoms with Crippen LogP contribution >= 0.6 is 0 Å². The maximum Gasteiger partial charge on any atom is 0.243 e. The van der Waals surface area contributed by atoms with Crippen molar-refractivity contribution in [2.75, 3.05) is 13.1 Å². The van der Waals surface area contributed by atoms with Crippen molar-refractivity contribution < 1.29 is 19.2 Å². The summed E-state index contributed by atoms with van der Waals surface area (Å²) in [4.78, 5) is 54.2. The molecule has 9 heteroatoms. The lowest BCUT2D eigenvalue weighted by Gasteiger charge is -2.28. The Bertz CT molecular complexity index is 1470. The fraction of sp³-hybridized carbons (Fsp3) is 0.474. The van der Waals surface area contributed by atoms with E-state index in [0.717, 1.165) is 54.0 Å². The van der Waals surface area contributed by atoms with Crippen LogP contribution in [-0.2, 0) is 25.6 Å². The summed E-state index contributed by atoms with van der Waals surface area (Å²) in [5, 5.41) is 11.2. The molecule has 0 radical (unpaired) electrons. The molecule has 0 saturated heterocycles. The standard InChI is InChI=1S/C38H51N5O4/c1-2-35(45)41-32(23-26-19-20-27-12-6-9-17-30(27)22-26)38(47)43-36(29-15-7-8-16-29)34(44)24-31(18-10-11-21-39)37(46)42-33(25-40)28-13-4-3-5-14-28/h3-6,9,12-14,17,19-20,22,29,31-33,36H,2,7-8,10-11,15-16,18,21,23-25,39-40H2,1H3,(H,41,45)(H,42,46)(H,43,47)/t31-,32+,33-,36+/m1/s1. The summed E-state index contributed by atoms with van der Waals surface area (Å²) in [6, 6.07) is 21.6. The predicted molar refractivity (Wildman–Crippen MR) is 186 cm³/mol. The number of amides is 3. The Kier molecular flexibility index (Phi) is 13.9. The number of nitrogens with one attached hydrogen (secondary N) is 3. The van der Waals surface area contributed by atoms with Crippen molar-refractivity contribution in [3.8, 4) is 0 Å². The number of benzene rings is 3. The van der Waals surface area contributed by atoms with Gasteiger partial charge >= 0.3 is 0 Å². The van der Waals surface area contributed by atoms with E-state index in [0.29, 0.717) is 19.4 Å². The van der Waals surface area contributed by atoms with E-state index < -0.39 is 18.0 Å². The molecule has 4 atom stereocenters. The van der Waals surface area contributed by atoms with Crippen LogP contribution in [0.15, 0.2) is 72.8 Å². The molecule has 0 aromatic heterocycles. The van der Waals surface area contributed by atoms with Gasteiger partial charge in [0.1, 0.15) is 6.04 Å². The highest BCUT2D eigenvalue weighted by atomic mass is 16.2. The van der Waals surface area contributed by atoms with Crippen LogP contribution in [0.2, 0.25) is 0 Å². The number of hydrogen-bond donors (Lipinski definition) is 5. The molecule has 3 amide bonds. The number of unbranched alkanes of at least 4 members (excludes halogenated alkanes) is 1. The molecule has 0 unspecified atom stereocenters. The molecule has 252 valence electrons. The maximum absolute atomic E-state index is 14.1. The third-order valence-corrected chi connectivity index (χ3v) is 9.32. The Morgan fingerprint density at radius 3 is 2.19 bits per heavy atom. The van der Waals surface area contributed by atoms with Crippen molar-refractivity contribution in [2.45, 2.75) is 89.3 Å². The smallest absolute Gasteiger partial charge is 0.243 e. The first kappa shape index (κ1) is 35.8. The van der Waals surface area contributed by atoms with Gasteiger partial charge in [0, 0.05) is 31.7 Å². The van der Waals surface area contributed by atoms with Gasteiger partial charge in [-0.15, -0.1) is 0 Å². The lowest BCUT2D eigenvalue weighted by atomic mass is 9.86. The Labute approximate surface area is 278 Å². The summed E-state index contributed by atoms with van der Waals surface area (Å²) in [7, 11) is 0. The molecule has 1 saturated carbocycles. The first-order chi connectivity index (χ1) is 22.8. The zero-order valence-electron chi connectivity index (χ0n) is 27.6. The molecule has 0 heterocycles. The van der Waals surface area contributed by atoms with Crippen LogP contribution in [0.1, 0.15) is 81.9 Å². The highest BCUT2D eigenvalue weighted by Crippen LogP contribution is 2.30. The van der Waals surface area contributed by atoms with Gasteiger partial charge in [-0.05, 0) is 60.0 Å². The van der Waals surface area contributed by atoms with E-state index in [9.17, 15) is 19.2 Å². The molecule has 3 aromatic carbocycles. The lowest BCUT2D eigenvalue weighted by molar-refractivity contribution is -0.134. The van der Waals surface area contributed by atoms with Crippen molar-refractivity contribution >= 4 is 34.3 Å². The average molecular weight is 642 g/mol. The van der Waals surface area contributed by atoms with Crippen molar-refractivity contribution in [1.82, 2.24) is 16.0 Å². The molecule has 1 aliphatic carbocycles. The van der Waals surface area contributed by atoms with E-state index in [1.807, 2.05) is 72.8 Å². The number of ketones is 1. The lowest BCUT2D eigenvalue weighted by Crippen LogP contribution is -2.54. The zero-order chi connectivity index (χ0) is 33.6. The second-order valence-electron chi connectivity index (χ2n) is 12.7. The second kappa shape index (κ2) is 18.3. The van der Waals surface area contributed by atoms with Gasteiger partial charge in [-0.3, -0.25) is 19.2 Å². The Balaban J connectivity index is 1.52. The quantitative estimate of drug-likeness (QED) is 0.129. The molecular formula is C38H51N5O4. The molecule has 47 heavy (non-hydrogen) atoms. The van der Waals surface area contributed by atoms with E-state index in [1.54, 1.807) is 6.92 Å². The Morgan fingerprint density at radius 1 is 0.809 bits per heavy atom. The number of hydrogen-bond acceptors (Lipinski definition) is 6. The molecule has 4 rings (SSSR count). The molecular weight excluding hydrogens is 590 g/mol. The molecule has 7 N–H and O–H groups in total. The van der Waals surface area contributed by atoms with E-state index in [-0.39, 0.29) is 61.3 Å². The van der Waals surface area contributed by atoms with Gasteiger partial charge < -0.3 is 27.4 Å². The number of carbonyl (C=O) groups is 4. The number of fused-ring (bicyclic) bond motifs is 1. The predicted octanol–water partition coefficient (Wildman–Crippen LogP) is 4.47. The Morgan fingerprint density at radius 2 is 1.51 bits per heavy atom. The van der Waals surface area contributed by atoms with E-state index in [1.165, 1.54) is 0 Å². The number of Topliss-reactive ketones (excluding diaryl/α,β-unsaturated/α-hetero) is 1. The van der Waals surface area contributed by atoms with Crippen LogP contribution in [0.25, 0.3) is 10.8 Å². The van der Waals surface area contributed by atoms with Crippen LogP contribution in [-0.4, -0.2) is 48.7 Å².